The Labute approximate surface area is 147 Å². The minimum atomic E-state index is -0.273. The fraction of sp³-hybridized carbons (Fsp3) is 0.300. The standard InChI is InChI=1S/C20H22N2O3/c1-13(2)15-8-9-17(21-11-15)22-18(23)12-24-16-7-5-6-14-10-20(3,4)25-19(14)16/h5-9,11H,1,10,12H2,2-4H3,(H,21,22,23). The van der Waals surface area contributed by atoms with Crippen molar-refractivity contribution < 1.29 is 14.3 Å². The quantitative estimate of drug-likeness (QED) is 0.900. The molecule has 1 aliphatic rings. The summed E-state index contributed by atoms with van der Waals surface area (Å²) in [7, 11) is 0. The molecule has 0 saturated carbocycles. The number of nitrogens with one attached hydrogen (secondary N) is 1. The van der Waals surface area contributed by atoms with Gasteiger partial charge in [0.1, 0.15) is 11.4 Å². The molecule has 25 heavy (non-hydrogen) atoms. The van der Waals surface area contributed by atoms with Crippen LogP contribution in [0.15, 0.2) is 43.1 Å². The highest BCUT2D eigenvalue weighted by atomic mass is 16.5. The summed E-state index contributed by atoms with van der Waals surface area (Å²) >= 11 is 0. The van der Waals surface area contributed by atoms with Gasteiger partial charge in [-0.1, -0.05) is 18.7 Å². The Hall–Kier alpha value is -2.82. The van der Waals surface area contributed by atoms with Crippen molar-refractivity contribution >= 4 is 17.3 Å². The van der Waals surface area contributed by atoms with Crippen molar-refractivity contribution in [3.05, 3.63) is 54.2 Å². The SMILES string of the molecule is C=C(C)c1ccc(NC(=O)COc2cccc3c2OC(C)(C)C3)nc1. The third-order valence-electron chi connectivity index (χ3n) is 3.94. The van der Waals surface area contributed by atoms with Crippen molar-refractivity contribution in [1.82, 2.24) is 4.98 Å². The first-order valence-corrected chi connectivity index (χ1v) is 8.19. The molecule has 0 unspecified atom stereocenters. The Bertz CT molecular complexity index is 810. The van der Waals surface area contributed by atoms with Crippen molar-refractivity contribution in [2.24, 2.45) is 0 Å². The molecule has 0 radical (unpaired) electrons. The van der Waals surface area contributed by atoms with E-state index in [1.54, 1.807) is 12.3 Å². The van der Waals surface area contributed by atoms with E-state index < -0.39 is 0 Å². The number of carbonyl (C=O) groups is 1. The monoisotopic (exact) mass is 338 g/mol. The van der Waals surface area contributed by atoms with Gasteiger partial charge in [-0.3, -0.25) is 4.79 Å². The molecule has 1 aliphatic heterocycles. The third kappa shape index (κ3) is 3.99. The van der Waals surface area contributed by atoms with Crippen LogP contribution in [0.2, 0.25) is 0 Å². The number of carbonyl (C=O) groups excluding carboxylic acids is 1. The molecule has 1 aromatic carbocycles. The minimum absolute atomic E-state index is 0.107. The number of aromatic nitrogens is 1. The average molecular weight is 338 g/mol. The molecule has 0 saturated heterocycles. The van der Waals surface area contributed by atoms with Crippen molar-refractivity contribution in [2.45, 2.75) is 32.8 Å². The van der Waals surface area contributed by atoms with Crippen LogP contribution in [0.4, 0.5) is 5.82 Å². The maximum atomic E-state index is 12.1. The summed E-state index contributed by atoms with van der Waals surface area (Å²) < 4.78 is 11.6. The number of ether oxygens (including phenoxy) is 2. The second-order valence-corrected chi connectivity index (χ2v) is 6.83. The van der Waals surface area contributed by atoms with Crippen molar-refractivity contribution in [3.8, 4) is 11.5 Å². The molecule has 2 heterocycles. The summed E-state index contributed by atoms with van der Waals surface area (Å²) in [5, 5.41) is 2.72. The fourth-order valence-corrected chi connectivity index (χ4v) is 2.74. The van der Waals surface area contributed by atoms with Crippen LogP contribution in [0.25, 0.3) is 5.57 Å². The zero-order valence-electron chi connectivity index (χ0n) is 14.8. The summed E-state index contributed by atoms with van der Waals surface area (Å²) in [6.07, 6.45) is 2.50. The number of para-hydroxylation sites is 1. The van der Waals surface area contributed by atoms with E-state index in [2.05, 4.69) is 16.9 Å². The van der Waals surface area contributed by atoms with E-state index in [0.29, 0.717) is 11.6 Å². The first-order chi connectivity index (χ1) is 11.8. The molecule has 0 spiro atoms. The minimum Gasteiger partial charge on any atom is -0.483 e. The second kappa shape index (κ2) is 6.59. The molecule has 0 bridgehead atoms. The number of anilines is 1. The normalized spacial score (nSPS) is 14.4. The molecule has 0 aliphatic carbocycles. The molecule has 130 valence electrons. The van der Waals surface area contributed by atoms with Crippen molar-refractivity contribution in [1.29, 1.82) is 0 Å². The number of benzene rings is 1. The average Bonchev–Trinajstić information content (AvgIpc) is 2.87. The molecule has 1 aromatic heterocycles. The van der Waals surface area contributed by atoms with Crippen LogP contribution in [0.1, 0.15) is 31.9 Å². The van der Waals surface area contributed by atoms with Gasteiger partial charge in [-0.15, -0.1) is 0 Å². The molecular weight excluding hydrogens is 316 g/mol. The summed E-state index contributed by atoms with van der Waals surface area (Å²) in [4.78, 5) is 16.3. The van der Waals surface area contributed by atoms with Crippen molar-refractivity contribution in [3.63, 3.8) is 0 Å². The number of amides is 1. The van der Waals surface area contributed by atoms with E-state index >= 15 is 0 Å². The van der Waals surface area contributed by atoms with Crippen molar-refractivity contribution in [2.75, 3.05) is 11.9 Å². The van der Waals surface area contributed by atoms with E-state index in [0.717, 1.165) is 28.9 Å². The van der Waals surface area contributed by atoms with E-state index in [1.807, 2.05) is 45.0 Å². The lowest BCUT2D eigenvalue weighted by molar-refractivity contribution is -0.118. The Morgan fingerprint density at radius 2 is 2.16 bits per heavy atom. The number of fused-ring (bicyclic) bond motifs is 1. The lowest BCUT2D eigenvalue weighted by Gasteiger charge is -2.18. The number of rotatable bonds is 5. The summed E-state index contributed by atoms with van der Waals surface area (Å²) in [6.45, 7) is 9.72. The number of hydrogen-bond acceptors (Lipinski definition) is 4. The first kappa shape index (κ1) is 17.0. The smallest absolute Gasteiger partial charge is 0.263 e. The predicted molar refractivity (Wildman–Crippen MR) is 97.9 cm³/mol. The van der Waals surface area contributed by atoms with Crippen LogP contribution in [0.5, 0.6) is 11.5 Å². The molecule has 5 nitrogen and oxygen atoms in total. The van der Waals surface area contributed by atoms with Gasteiger partial charge in [0.15, 0.2) is 18.1 Å². The largest absolute Gasteiger partial charge is 0.483 e. The van der Waals surface area contributed by atoms with E-state index in [9.17, 15) is 4.79 Å². The van der Waals surface area contributed by atoms with Gasteiger partial charge in [0.25, 0.3) is 5.91 Å². The maximum Gasteiger partial charge on any atom is 0.263 e. The number of hydrogen-bond donors (Lipinski definition) is 1. The number of nitrogens with zero attached hydrogens (tertiary/aromatic N) is 1. The van der Waals surface area contributed by atoms with Gasteiger partial charge in [-0.25, -0.2) is 4.98 Å². The first-order valence-electron chi connectivity index (χ1n) is 8.19. The topological polar surface area (TPSA) is 60.5 Å². The molecule has 3 rings (SSSR count). The van der Waals surface area contributed by atoms with Gasteiger partial charge in [-0.05, 0) is 50.1 Å². The molecule has 0 atom stereocenters. The van der Waals surface area contributed by atoms with Gasteiger partial charge < -0.3 is 14.8 Å². The maximum absolute atomic E-state index is 12.1. The van der Waals surface area contributed by atoms with Crippen LogP contribution in [-0.4, -0.2) is 23.1 Å². The molecule has 1 N–H and O–H groups in total. The lowest BCUT2D eigenvalue weighted by Crippen LogP contribution is -2.25. The predicted octanol–water partition coefficient (Wildman–Crippen LogP) is 3.85. The Morgan fingerprint density at radius 1 is 1.36 bits per heavy atom. The highest BCUT2D eigenvalue weighted by Crippen LogP contribution is 2.41. The molecular formula is C20H22N2O3. The van der Waals surface area contributed by atoms with E-state index in [4.69, 9.17) is 9.47 Å². The van der Waals surface area contributed by atoms with Gasteiger partial charge in [0.2, 0.25) is 0 Å². The van der Waals surface area contributed by atoms with Gasteiger partial charge in [0, 0.05) is 18.2 Å². The fourth-order valence-electron chi connectivity index (χ4n) is 2.74. The Morgan fingerprint density at radius 3 is 2.84 bits per heavy atom. The van der Waals surface area contributed by atoms with Crippen LogP contribution in [-0.2, 0) is 11.2 Å². The highest BCUT2D eigenvalue weighted by Gasteiger charge is 2.32. The highest BCUT2D eigenvalue weighted by molar-refractivity contribution is 5.91. The zero-order valence-corrected chi connectivity index (χ0v) is 14.8. The molecule has 5 heteroatoms. The van der Waals surface area contributed by atoms with E-state index in [1.165, 1.54) is 0 Å². The number of allylic oxidation sites excluding steroid dienone is 1. The molecule has 2 aromatic rings. The zero-order chi connectivity index (χ0) is 18.0. The Kier molecular flexibility index (Phi) is 4.49. The van der Waals surface area contributed by atoms with Gasteiger partial charge >= 0.3 is 0 Å². The van der Waals surface area contributed by atoms with Gasteiger partial charge in [-0.2, -0.15) is 0 Å². The summed E-state index contributed by atoms with van der Waals surface area (Å²) in [6, 6.07) is 9.35. The summed E-state index contributed by atoms with van der Waals surface area (Å²) in [5.74, 6) is 1.52. The van der Waals surface area contributed by atoms with Crippen LogP contribution in [0.3, 0.4) is 0 Å². The van der Waals surface area contributed by atoms with E-state index in [-0.39, 0.29) is 18.1 Å². The number of pyridine rings is 1. The summed E-state index contributed by atoms with van der Waals surface area (Å²) in [5.41, 5.74) is 2.71. The molecule has 0 fully saturated rings. The third-order valence-corrected chi connectivity index (χ3v) is 3.94. The Balaban J connectivity index is 1.60. The van der Waals surface area contributed by atoms with Crippen LogP contribution >= 0.6 is 0 Å². The second-order valence-electron chi connectivity index (χ2n) is 6.83. The molecule has 1 amide bonds. The van der Waals surface area contributed by atoms with Crippen LogP contribution in [0, 0.1) is 0 Å². The van der Waals surface area contributed by atoms with Gasteiger partial charge in [0.05, 0.1) is 0 Å². The lowest BCUT2D eigenvalue weighted by atomic mass is 10.0. The van der Waals surface area contributed by atoms with Crippen LogP contribution < -0.4 is 14.8 Å².